The molecule has 5 nitrogen and oxygen atoms in total. The standard InChI is InChI=1S/C24H32N2O3/c1-2-3-6-15-29-23-11-9-20(10-12-23)24(27)25-18-21-7-4-5-8-22(21)19-26-13-16-28-17-14-26/h4-5,7-12H,2-3,6,13-19H2,1H3,(H,25,27). The molecule has 5 heteroatoms. The second-order valence-electron chi connectivity index (χ2n) is 7.42. The van der Waals surface area contributed by atoms with Gasteiger partial charge in [0.25, 0.3) is 5.91 Å². The van der Waals surface area contributed by atoms with Crippen LogP contribution in [0.3, 0.4) is 0 Å². The van der Waals surface area contributed by atoms with Crippen molar-refractivity contribution < 1.29 is 14.3 Å². The Kier molecular flexibility index (Phi) is 8.53. The van der Waals surface area contributed by atoms with Gasteiger partial charge in [-0.2, -0.15) is 0 Å². The molecule has 0 atom stereocenters. The zero-order valence-electron chi connectivity index (χ0n) is 17.4. The Bertz CT molecular complexity index is 755. The van der Waals surface area contributed by atoms with Crippen molar-refractivity contribution in [3.05, 3.63) is 65.2 Å². The van der Waals surface area contributed by atoms with Crippen molar-refractivity contribution in [2.45, 2.75) is 39.3 Å². The minimum Gasteiger partial charge on any atom is -0.494 e. The van der Waals surface area contributed by atoms with Crippen molar-refractivity contribution >= 4 is 5.91 Å². The van der Waals surface area contributed by atoms with Gasteiger partial charge in [-0.15, -0.1) is 0 Å². The molecule has 1 aliphatic heterocycles. The summed E-state index contributed by atoms with van der Waals surface area (Å²) >= 11 is 0. The lowest BCUT2D eigenvalue weighted by atomic mass is 10.1. The molecule has 1 heterocycles. The van der Waals surface area contributed by atoms with Gasteiger partial charge in [-0.05, 0) is 41.8 Å². The molecule has 2 aromatic rings. The van der Waals surface area contributed by atoms with E-state index in [1.807, 2.05) is 30.3 Å². The lowest BCUT2D eigenvalue weighted by molar-refractivity contribution is 0.0340. The van der Waals surface area contributed by atoms with E-state index in [1.54, 1.807) is 0 Å². The number of rotatable bonds is 10. The molecule has 156 valence electrons. The molecule has 0 aliphatic carbocycles. The van der Waals surface area contributed by atoms with E-state index in [1.165, 1.54) is 18.4 Å². The molecule has 0 spiro atoms. The fourth-order valence-corrected chi connectivity index (χ4v) is 3.41. The van der Waals surface area contributed by atoms with E-state index in [4.69, 9.17) is 9.47 Å². The van der Waals surface area contributed by atoms with Crippen molar-refractivity contribution in [2.24, 2.45) is 0 Å². The minimum absolute atomic E-state index is 0.0660. The van der Waals surface area contributed by atoms with Crippen LogP contribution in [0.4, 0.5) is 0 Å². The molecule has 0 radical (unpaired) electrons. The van der Waals surface area contributed by atoms with Crippen LogP contribution < -0.4 is 10.1 Å². The molecule has 0 saturated carbocycles. The number of carbonyl (C=O) groups is 1. The normalized spacial score (nSPS) is 14.5. The third kappa shape index (κ3) is 6.87. The average molecular weight is 397 g/mol. The number of hydrogen-bond acceptors (Lipinski definition) is 4. The van der Waals surface area contributed by atoms with Gasteiger partial charge in [-0.1, -0.05) is 44.0 Å². The van der Waals surface area contributed by atoms with Crippen LogP contribution in [0.15, 0.2) is 48.5 Å². The molecular weight excluding hydrogens is 364 g/mol. The fourth-order valence-electron chi connectivity index (χ4n) is 3.41. The lowest BCUT2D eigenvalue weighted by Gasteiger charge is -2.27. The van der Waals surface area contributed by atoms with Gasteiger partial charge in [0.2, 0.25) is 0 Å². The Morgan fingerprint density at radius 3 is 2.48 bits per heavy atom. The van der Waals surface area contributed by atoms with Gasteiger partial charge >= 0.3 is 0 Å². The molecular formula is C24H32N2O3. The Morgan fingerprint density at radius 2 is 1.76 bits per heavy atom. The highest BCUT2D eigenvalue weighted by molar-refractivity contribution is 5.94. The second-order valence-corrected chi connectivity index (χ2v) is 7.42. The number of ether oxygens (including phenoxy) is 2. The molecule has 0 aromatic heterocycles. The third-order valence-electron chi connectivity index (χ3n) is 5.19. The van der Waals surface area contributed by atoms with Crippen LogP contribution in [-0.4, -0.2) is 43.7 Å². The van der Waals surface area contributed by atoms with Gasteiger partial charge in [0.15, 0.2) is 0 Å². The van der Waals surface area contributed by atoms with Crippen LogP contribution in [0, 0.1) is 0 Å². The lowest BCUT2D eigenvalue weighted by Crippen LogP contribution is -2.36. The maximum absolute atomic E-state index is 12.6. The largest absolute Gasteiger partial charge is 0.494 e. The molecule has 1 aliphatic rings. The highest BCUT2D eigenvalue weighted by atomic mass is 16.5. The Labute approximate surface area is 174 Å². The molecule has 2 aromatic carbocycles. The van der Waals surface area contributed by atoms with Crippen LogP contribution in [0.1, 0.15) is 47.7 Å². The van der Waals surface area contributed by atoms with Crippen LogP contribution in [0.5, 0.6) is 5.75 Å². The molecule has 29 heavy (non-hydrogen) atoms. The predicted octanol–water partition coefficient (Wildman–Crippen LogP) is 4.02. The number of hydrogen-bond donors (Lipinski definition) is 1. The molecule has 1 saturated heterocycles. The summed E-state index contributed by atoms with van der Waals surface area (Å²) < 4.78 is 11.1. The summed E-state index contributed by atoms with van der Waals surface area (Å²) in [6.45, 7) is 7.79. The fraction of sp³-hybridized carbons (Fsp3) is 0.458. The number of carbonyl (C=O) groups excluding carboxylic acids is 1. The molecule has 0 unspecified atom stereocenters. The van der Waals surface area contributed by atoms with E-state index in [9.17, 15) is 4.79 Å². The van der Waals surface area contributed by atoms with Gasteiger partial charge in [0.1, 0.15) is 5.75 Å². The average Bonchev–Trinajstić information content (AvgIpc) is 2.77. The summed E-state index contributed by atoms with van der Waals surface area (Å²) in [5.41, 5.74) is 3.06. The van der Waals surface area contributed by atoms with Gasteiger partial charge in [-0.3, -0.25) is 9.69 Å². The van der Waals surface area contributed by atoms with Gasteiger partial charge in [-0.25, -0.2) is 0 Å². The number of amides is 1. The minimum atomic E-state index is -0.0660. The predicted molar refractivity (Wildman–Crippen MR) is 115 cm³/mol. The van der Waals surface area contributed by atoms with Crippen molar-refractivity contribution in [1.29, 1.82) is 0 Å². The first-order chi connectivity index (χ1) is 14.3. The van der Waals surface area contributed by atoms with Crippen molar-refractivity contribution in [2.75, 3.05) is 32.9 Å². The number of nitrogens with one attached hydrogen (secondary N) is 1. The highest BCUT2D eigenvalue weighted by Crippen LogP contribution is 2.15. The summed E-state index contributed by atoms with van der Waals surface area (Å²) in [6.07, 6.45) is 3.41. The van der Waals surface area contributed by atoms with Crippen molar-refractivity contribution in [1.82, 2.24) is 10.2 Å². The molecule has 1 fully saturated rings. The molecule has 1 N–H and O–H groups in total. The molecule has 0 bridgehead atoms. The number of nitrogens with zero attached hydrogens (tertiary/aromatic N) is 1. The van der Waals surface area contributed by atoms with Gasteiger partial charge in [0.05, 0.1) is 19.8 Å². The number of unbranched alkanes of at least 4 members (excludes halogenated alkanes) is 2. The molecule has 3 rings (SSSR count). The van der Waals surface area contributed by atoms with E-state index < -0.39 is 0 Å². The van der Waals surface area contributed by atoms with Crippen LogP contribution in [0.25, 0.3) is 0 Å². The summed E-state index contributed by atoms with van der Waals surface area (Å²) in [5.74, 6) is 0.747. The van der Waals surface area contributed by atoms with Gasteiger partial charge < -0.3 is 14.8 Å². The number of morpholine rings is 1. The summed E-state index contributed by atoms with van der Waals surface area (Å²) in [6, 6.07) is 15.7. The van der Waals surface area contributed by atoms with Crippen molar-refractivity contribution in [3.63, 3.8) is 0 Å². The maximum atomic E-state index is 12.6. The Morgan fingerprint density at radius 1 is 1.03 bits per heavy atom. The number of benzene rings is 2. The maximum Gasteiger partial charge on any atom is 0.251 e. The van der Waals surface area contributed by atoms with Gasteiger partial charge in [0, 0.05) is 31.7 Å². The quantitative estimate of drug-likeness (QED) is 0.617. The van der Waals surface area contributed by atoms with E-state index >= 15 is 0 Å². The van der Waals surface area contributed by atoms with Crippen LogP contribution in [0.2, 0.25) is 0 Å². The second kappa shape index (κ2) is 11.6. The SMILES string of the molecule is CCCCCOc1ccc(C(=O)NCc2ccccc2CN2CCOCC2)cc1. The first-order valence-corrected chi connectivity index (χ1v) is 10.6. The summed E-state index contributed by atoms with van der Waals surface area (Å²) in [5, 5.41) is 3.05. The zero-order chi connectivity index (χ0) is 20.3. The van der Waals surface area contributed by atoms with E-state index in [0.29, 0.717) is 12.1 Å². The van der Waals surface area contributed by atoms with E-state index in [2.05, 4.69) is 35.3 Å². The molecule has 1 amide bonds. The highest BCUT2D eigenvalue weighted by Gasteiger charge is 2.13. The topological polar surface area (TPSA) is 50.8 Å². The summed E-state index contributed by atoms with van der Waals surface area (Å²) in [4.78, 5) is 14.9. The monoisotopic (exact) mass is 396 g/mol. The van der Waals surface area contributed by atoms with Crippen LogP contribution >= 0.6 is 0 Å². The Hall–Kier alpha value is -2.37. The zero-order valence-corrected chi connectivity index (χ0v) is 17.4. The van der Waals surface area contributed by atoms with E-state index in [-0.39, 0.29) is 5.91 Å². The van der Waals surface area contributed by atoms with Crippen molar-refractivity contribution in [3.8, 4) is 5.75 Å². The Balaban J connectivity index is 1.51. The first-order valence-electron chi connectivity index (χ1n) is 10.6. The van der Waals surface area contributed by atoms with E-state index in [0.717, 1.165) is 57.2 Å². The third-order valence-corrected chi connectivity index (χ3v) is 5.19. The summed E-state index contributed by atoms with van der Waals surface area (Å²) in [7, 11) is 0. The first kappa shape index (κ1) is 21.3. The smallest absolute Gasteiger partial charge is 0.251 e. The van der Waals surface area contributed by atoms with Crippen LogP contribution in [-0.2, 0) is 17.8 Å².